The first-order valence-corrected chi connectivity index (χ1v) is 9.23. The van der Waals surface area contributed by atoms with Gasteiger partial charge in [-0.25, -0.2) is 14.4 Å². The lowest BCUT2D eigenvalue weighted by molar-refractivity contribution is 0.0620. The van der Waals surface area contributed by atoms with Crippen molar-refractivity contribution in [2.24, 2.45) is 5.92 Å². The van der Waals surface area contributed by atoms with Gasteiger partial charge in [0.05, 0.1) is 11.9 Å². The van der Waals surface area contributed by atoms with Crippen LogP contribution in [0.2, 0.25) is 0 Å². The molecule has 3 unspecified atom stereocenters. The maximum absolute atomic E-state index is 16.3. The van der Waals surface area contributed by atoms with Gasteiger partial charge in [-0.05, 0) is 24.6 Å². The van der Waals surface area contributed by atoms with Crippen LogP contribution in [0.1, 0.15) is 25.8 Å². The van der Waals surface area contributed by atoms with Gasteiger partial charge in [0.1, 0.15) is 23.8 Å². The van der Waals surface area contributed by atoms with Crippen LogP contribution in [0.4, 0.5) is 27.3 Å². The molecule has 0 fully saturated rings. The standard InChI is InChI=1S/C21H20FN5/c1-3-21(22)14(2)20-26(15-8-10-23-11-9-15)18-12-24-13-25-19(18)27(20)17-7-5-4-6-16(17)21/h4-14,20H,3H2,1-2H3. The van der Waals surface area contributed by atoms with Crippen LogP contribution in [0.3, 0.4) is 0 Å². The van der Waals surface area contributed by atoms with E-state index in [4.69, 9.17) is 0 Å². The average Bonchev–Trinajstić information content (AvgIpc) is 3.08. The molecule has 0 spiro atoms. The molecule has 2 aromatic heterocycles. The number of rotatable bonds is 2. The summed E-state index contributed by atoms with van der Waals surface area (Å²) >= 11 is 0. The maximum Gasteiger partial charge on any atom is 0.162 e. The fourth-order valence-corrected chi connectivity index (χ4v) is 4.58. The minimum absolute atomic E-state index is 0.223. The number of hydrogen-bond donors (Lipinski definition) is 0. The number of para-hydroxylation sites is 1. The van der Waals surface area contributed by atoms with Gasteiger partial charge < -0.3 is 9.80 Å². The van der Waals surface area contributed by atoms with Crippen molar-refractivity contribution in [2.45, 2.75) is 32.1 Å². The number of anilines is 4. The third kappa shape index (κ3) is 2.07. The van der Waals surface area contributed by atoms with Gasteiger partial charge in [0.15, 0.2) is 5.82 Å². The summed E-state index contributed by atoms with van der Waals surface area (Å²) in [6, 6.07) is 11.6. The van der Waals surface area contributed by atoms with E-state index in [1.165, 1.54) is 0 Å². The van der Waals surface area contributed by atoms with Gasteiger partial charge in [-0.1, -0.05) is 32.0 Å². The van der Waals surface area contributed by atoms with Crippen LogP contribution in [0, 0.1) is 5.92 Å². The zero-order valence-corrected chi connectivity index (χ0v) is 15.2. The molecule has 3 aromatic rings. The molecule has 4 heterocycles. The molecule has 6 heteroatoms. The smallest absolute Gasteiger partial charge is 0.162 e. The summed E-state index contributed by atoms with van der Waals surface area (Å²) in [5.74, 6) is 0.532. The van der Waals surface area contributed by atoms with Crippen LogP contribution in [-0.2, 0) is 5.67 Å². The molecule has 2 aliphatic rings. The Labute approximate surface area is 157 Å². The van der Waals surface area contributed by atoms with E-state index < -0.39 is 5.67 Å². The van der Waals surface area contributed by atoms with Crippen LogP contribution in [0.25, 0.3) is 0 Å². The summed E-state index contributed by atoms with van der Waals surface area (Å²) < 4.78 is 16.3. The van der Waals surface area contributed by atoms with E-state index >= 15 is 4.39 Å². The van der Waals surface area contributed by atoms with Gasteiger partial charge in [0.2, 0.25) is 0 Å². The Morgan fingerprint density at radius 2 is 1.81 bits per heavy atom. The van der Waals surface area contributed by atoms with Crippen LogP contribution in [0.15, 0.2) is 61.3 Å². The Bertz CT molecular complexity index is 995. The van der Waals surface area contributed by atoms with E-state index in [2.05, 4.69) is 24.8 Å². The predicted molar refractivity (Wildman–Crippen MR) is 103 cm³/mol. The minimum atomic E-state index is -1.42. The fraction of sp³-hybridized carbons (Fsp3) is 0.286. The number of nitrogens with zero attached hydrogens (tertiary/aromatic N) is 5. The monoisotopic (exact) mass is 361 g/mol. The number of pyridine rings is 1. The first-order chi connectivity index (χ1) is 13.2. The van der Waals surface area contributed by atoms with Crippen LogP contribution in [-0.4, -0.2) is 21.1 Å². The third-order valence-electron chi connectivity index (χ3n) is 5.93. The molecule has 136 valence electrons. The van der Waals surface area contributed by atoms with Gasteiger partial charge in [0, 0.05) is 29.6 Å². The number of alkyl halides is 1. The molecule has 5 rings (SSSR count). The topological polar surface area (TPSA) is 45.2 Å². The highest BCUT2D eigenvalue weighted by atomic mass is 19.1. The quantitative estimate of drug-likeness (QED) is 0.661. The highest BCUT2D eigenvalue weighted by Crippen LogP contribution is 2.58. The van der Waals surface area contributed by atoms with Crippen molar-refractivity contribution in [3.63, 3.8) is 0 Å². The molecule has 27 heavy (non-hydrogen) atoms. The first kappa shape index (κ1) is 16.2. The van der Waals surface area contributed by atoms with Crippen molar-refractivity contribution in [1.82, 2.24) is 15.0 Å². The second-order valence-electron chi connectivity index (χ2n) is 7.11. The van der Waals surface area contributed by atoms with E-state index in [0.717, 1.165) is 28.4 Å². The summed E-state index contributed by atoms with van der Waals surface area (Å²) in [4.78, 5) is 17.2. The average molecular weight is 361 g/mol. The van der Waals surface area contributed by atoms with E-state index in [0.29, 0.717) is 6.42 Å². The summed E-state index contributed by atoms with van der Waals surface area (Å²) in [5, 5.41) is 0. The Morgan fingerprint density at radius 1 is 1.04 bits per heavy atom. The second kappa shape index (κ2) is 5.74. The lowest BCUT2D eigenvalue weighted by atomic mass is 9.75. The van der Waals surface area contributed by atoms with E-state index in [1.54, 1.807) is 18.7 Å². The Balaban J connectivity index is 1.80. The lowest BCUT2D eigenvalue weighted by Gasteiger charge is -2.48. The van der Waals surface area contributed by atoms with Crippen molar-refractivity contribution in [3.05, 3.63) is 66.9 Å². The number of aromatic nitrogens is 3. The SMILES string of the molecule is CCC1(F)c2ccccc2N2c3ncncc3N(c3ccncc3)C2C1C. The van der Waals surface area contributed by atoms with Crippen molar-refractivity contribution in [1.29, 1.82) is 0 Å². The highest BCUT2D eigenvalue weighted by molar-refractivity contribution is 5.87. The van der Waals surface area contributed by atoms with Gasteiger partial charge in [-0.3, -0.25) is 4.98 Å². The summed E-state index contributed by atoms with van der Waals surface area (Å²) in [6.45, 7) is 3.91. The van der Waals surface area contributed by atoms with Gasteiger partial charge >= 0.3 is 0 Å². The molecule has 0 bridgehead atoms. The summed E-state index contributed by atoms with van der Waals surface area (Å²) in [6.07, 6.45) is 7.07. The Kier molecular flexibility index (Phi) is 3.44. The molecule has 5 nitrogen and oxygen atoms in total. The predicted octanol–water partition coefficient (Wildman–Crippen LogP) is 4.71. The number of benzene rings is 1. The molecule has 0 saturated heterocycles. The van der Waals surface area contributed by atoms with Crippen LogP contribution >= 0.6 is 0 Å². The zero-order chi connectivity index (χ0) is 18.6. The van der Waals surface area contributed by atoms with Crippen LogP contribution < -0.4 is 9.80 Å². The normalized spacial score (nSPS) is 25.7. The molecule has 2 aliphatic heterocycles. The zero-order valence-electron chi connectivity index (χ0n) is 15.2. The first-order valence-electron chi connectivity index (χ1n) is 9.23. The van der Waals surface area contributed by atoms with Gasteiger partial charge in [-0.15, -0.1) is 0 Å². The molecule has 0 aliphatic carbocycles. The van der Waals surface area contributed by atoms with E-state index in [-0.39, 0.29) is 12.1 Å². The van der Waals surface area contributed by atoms with Crippen molar-refractivity contribution >= 4 is 22.9 Å². The van der Waals surface area contributed by atoms with Gasteiger partial charge in [0.25, 0.3) is 0 Å². The molecule has 3 atom stereocenters. The van der Waals surface area contributed by atoms with E-state index in [9.17, 15) is 0 Å². The molecular formula is C21H20FN5. The molecule has 0 amide bonds. The number of fused-ring (bicyclic) bond motifs is 5. The Morgan fingerprint density at radius 3 is 2.59 bits per heavy atom. The number of halogens is 1. The fourth-order valence-electron chi connectivity index (χ4n) is 4.58. The molecule has 1 aromatic carbocycles. The second-order valence-corrected chi connectivity index (χ2v) is 7.11. The summed E-state index contributed by atoms with van der Waals surface area (Å²) in [7, 11) is 0. The molecule has 0 N–H and O–H groups in total. The van der Waals surface area contributed by atoms with Gasteiger partial charge in [-0.2, -0.15) is 0 Å². The summed E-state index contributed by atoms with van der Waals surface area (Å²) in [5.41, 5.74) is 2.03. The molecular weight excluding hydrogens is 341 g/mol. The largest absolute Gasteiger partial charge is 0.315 e. The third-order valence-corrected chi connectivity index (χ3v) is 5.93. The van der Waals surface area contributed by atoms with Crippen molar-refractivity contribution < 1.29 is 4.39 Å². The van der Waals surface area contributed by atoms with E-state index in [1.807, 2.05) is 56.4 Å². The highest BCUT2D eigenvalue weighted by Gasteiger charge is 2.55. The number of hydrogen-bond acceptors (Lipinski definition) is 5. The maximum atomic E-state index is 16.3. The van der Waals surface area contributed by atoms with Crippen molar-refractivity contribution in [2.75, 3.05) is 9.80 Å². The molecule has 0 saturated carbocycles. The van der Waals surface area contributed by atoms with Crippen molar-refractivity contribution in [3.8, 4) is 0 Å². The Hall–Kier alpha value is -3.02. The lowest BCUT2D eigenvalue weighted by Crippen LogP contribution is -2.54. The van der Waals surface area contributed by atoms with Crippen LogP contribution in [0.5, 0.6) is 0 Å². The molecule has 0 radical (unpaired) electrons. The minimum Gasteiger partial charge on any atom is -0.315 e.